The third-order valence-corrected chi connectivity index (χ3v) is 10.2. The number of nitrogens with zero attached hydrogens (tertiary/aromatic N) is 3. The highest BCUT2D eigenvalue weighted by atomic mass is 16.5. The van der Waals surface area contributed by atoms with Crippen molar-refractivity contribution in [1.82, 2.24) is 9.80 Å². The SMILES string of the molecule is CC[C@@]12C=CCN(Cc3ccccc3)C(=O)[C@@H]1[C@H]1C(=O)N([C@@H](CO)C(C)C)C3C(=O)N(c4c(C)cccc4C)CC=C[C@@]31O2. The first-order valence-electron chi connectivity index (χ1n) is 15.8. The highest BCUT2D eigenvalue weighted by Gasteiger charge is 2.76. The molecule has 0 saturated carbocycles. The molecule has 0 bridgehead atoms. The molecule has 232 valence electrons. The summed E-state index contributed by atoms with van der Waals surface area (Å²) in [7, 11) is 0. The fraction of sp³-hybridized carbons (Fsp3) is 0.472. The summed E-state index contributed by atoms with van der Waals surface area (Å²) in [6.07, 6.45) is 8.19. The second kappa shape index (κ2) is 11.3. The van der Waals surface area contributed by atoms with Crippen molar-refractivity contribution in [3.8, 4) is 0 Å². The van der Waals surface area contributed by atoms with Crippen molar-refractivity contribution >= 4 is 23.4 Å². The third kappa shape index (κ3) is 4.45. The maximum Gasteiger partial charge on any atom is 0.253 e. The lowest BCUT2D eigenvalue weighted by molar-refractivity contribution is -0.153. The fourth-order valence-electron chi connectivity index (χ4n) is 8.11. The number of carbonyl (C=O) groups excluding carboxylic acids is 3. The molecule has 2 aromatic rings. The van der Waals surface area contributed by atoms with Crippen molar-refractivity contribution in [2.24, 2.45) is 17.8 Å². The van der Waals surface area contributed by atoms with Gasteiger partial charge in [-0.2, -0.15) is 0 Å². The quantitative estimate of drug-likeness (QED) is 0.484. The zero-order valence-corrected chi connectivity index (χ0v) is 26.3. The smallest absolute Gasteiger partial charge is 0.253 e. The highest BCUT2D eigenvalue weighted by Crippen LogP contribution is 2.59. The second-order valence-electron chi connectivity index (χ2n) is 13.1. The van der Waals surface area contributed by atoms with Crippen LogP contribution in [-0.4, -0.2) is 75.6 Å². The van der Waals surface area contributed by atoms with Crippen LogP contribution in [-0.2, 0) is 25.7 Å². The van der Waals surface area contributed by atoms with Crippen molar-refractivity contribution in [2.75, 3.05) is 24.6 Å². The van der Waals surface area contributed by atoms with Crippen LogP contribution in [0.5, 0.6) is 0 Å². The van der Waals surface area contributed by atoms with Gasteiger partial charge >= 0.3 is 0 Å². The molecule has 2 saturated heterocycles. The summed E-state index contributed by atoms with van der Waals surface area (Å²) in [5.74, 6) is -2.62. The molecule has 2 aromatic carbocycles. The number of ether oxygens (including phenoxy) is 1. The topological polar surface area (TPSA) is 90.4 Å². The van der Waals surface area contributed by atoms with Crippen LogP contribution in [0, 0.1) is 31.6 Å². The summed E-state index contributed by atoms with van der Waals surface area (Å²) in [5.41, 5.74) is 1.28. The lowest BCUT2D eigenvalue weighted by Gasteiger charge is -2.42. The number of aryl methyl sites for hydroxylation is 2. The molecule has 4 aliphatic heterocycles. The van der Waals surface area contributed by atoms with E-state index >= 15 is 0 Å². The predicted molar refractivity (Wildman–Crippen MR) is 169 cm³/mol. The van der Waals surface area contributed by atoms with Gasteiger partial charge in [0.15, 0.2) is 0 Å². The molecule has 0 aromatic heterocycles. The van der Waals surface area contributed by atoms with E-state index in [1.165, 1.54) is 0 Å². The summed E-state index contributed by atoms with van der Waals surface area (Å²) in [6.45, 7) is 10.6. The monoisotopic (exact) mass is 597 g/mol. The number of anilines is 1. The first kappa shape index (κ1) is 30.3. The molecule has 6 atom stereocenters. The number of likely N-dealkylation sites (tertiary alicyclic amines) is 1. The van der Waals surface area contributed by atoms with E-state index in [-0.39, 0.29) is 30.2 Å². The van der Waals surface area contributed by atoms with Crippen LogP contribution in [0.1, 0.15) is 43.9 Å². The number of benzene rings is 2. The van der Waals surface area contributed by atoms with E-state index < -0.39 is 35.1 Å². The van der Waals surface area contributed by atoms with E-state index in [4.69, 9.17) is 4.74 Å². The maximum atomic E-state index is 14.9. The van der Waals surface area contributed by atoms with Crippen molar-refractivity contribution in [1.29, 1.82) is 0 Å². The first-order valence-corrected chi connectivity index (χ1v) is 15.8. The van der Waals surface area contributed by atoms with Gasteiger partial charge in [0.05, 0.1) is 30.1 Å². The minimum atomic E-state index is -1.38. The minimum Gasteiger partial charge on any atom is -0.394 e. The molecule has 6 rings (SSSR count). The predicted octanol–water partition coefficient (Wildman–Crippen LogP) is 4.18. The van der Waals surface area contributed by atoms with Gasteiger partial charge in [0.25, 0.3) is 5.91 Å². The number of amides is 3. The summed E-state index contributed by atoms with van der Waals surface area (Å²) in [5, 5.41) is 10.6. The van der Waals surface area contributed by atoms with Crippen molar-refractivity contribution in [2.45, 2.75) is 70.9 Å². The van der Waals surface area contributed by atoms with Gasteiger partial charge in [-0.05, 0) is 42.9 Å². The summed E-state index contributed by atoms with van der Waals surface area (Å²) in [4.78, 5) is 49.5. The molecule has 0 aliphatic carbocycles. The summed E-state index contributed by atoms with van der Waals surface area (Å²) < 4.78 is 7.12. The van der Waals surface area contributed by atoms with Crippen LogP contribution in [0.25, 0.3) is 0 Å². The van der Waals surface area contributed by atoms with Crippen LogP contribution >= 0.6 is 0 Å². The molecular formula is C36H43N3O5. The Morgan fingerprint density at radius 2 is 1.57 bits per heavy atom. The number of aliphatic hydroxyl groups excluding tert-OH is 1. The van der Waals surface area contributed by atoms with Gasteiger partial charge in [0, 0.05) is 25.3 Å². The Bertz CT molecular complexity index is 1500. The second-order valence-corrected chi connectivity index (χ2v) is 13.1. The van der Waals surface area contributed by atoms with Crippen LogP contribution in [0.2, 0.25) is 0 Å². The Morgan fingerprint density at radius 1 is 0.886 bits per heavy atom. The van der Waals surface area contributed by atoms with Gasteiger partial charge in [-0.25, -0.2) is 0 Å². The van der Waals surface area contributed by atoms with E-state index in [0.29, 0.717) is 26.1 Å². The number of hydrogen-bond acceptors (Lipinski definition) is 5. The Hall–Kier alpha value is -3.75. The van der Waals surface area contributed by atoms with Crippen molar-refractivity contribution < 1.29 is 24.2 Å². The number of carbonyl (C=O) groups is 3. The van der Waals surface area contributed by atoms with E-state index in [0.717, 1.165) is 22.4 Å². The molecule has 8 heteroatoms. The van der Waals surface area contributed by atoms with Crippen molar-refractivity contribution in [3.63, 3.8) is 0 Å². The maximum absolute atomic E-state index is 14.9. The standard InChI is InChI=1S/C36H43N3O5/c1-6-35-17-11-19-37(21-26-15-8-7-9-16-26)32(41)28(35)29-33(42)39(27(22-40)23(2)3)31-34(43)38(20-12-18-36(29,31)44-35)30-24(4)13-10-14-25(30)5/h7-18,23,27-29,31,40H,6,19-22H2,1-5H3/t27-,28-,29-,31?,35+,36-/m0/s1. The molecule has 4 heterocycles. The third-order valence-electron chi connectivity index (χ3n) is 10.2. The number of hydrogen-bond donors (Lipinski definition) is 1. The van der Waals surface area contributed by atoms with Crippen LogP contribution in [0.15, 0.2) is 72.8 Å². The molecule has 2 fully saturated rings. The number of aliphatic hydroxyl groups is 1. The van der Waals surface area contributed by atoms with Gasteiger partial charge in [0.1, 0.15) is 11.6 Å². The first-order chi connectivity index (χ1) is 21.1. The normalized spacial score (nSPS) is 30.4. The molecule has 3 amide bonds. The van der Waals surface area contributed by atoms with Gasteiger partial charge in [-0.15, -0.1) is 0 Å². The number of rotatable bonds is 7. The van der Waals surface area contributed by atoms with Gasteiger partial charge in [0.2, 0.25) is 11.8 Å². The van der Waals surface area contributed by atoms with E-state index in [1.54, 1.807) is 14.7 Å². The molecule has 8 nitrogen and oxygen atoms in total. The summed E-state index contributed by atoms with van der Waals surface area (Å²) in [6, 6.07) is 14.1. The Kier molecular flexibility index (Phi) is 7.79. The Balaban J connectivity index is 1.51. The van der Waals surface area contributed by atoms with Gasteiger partial charge in [-0.3, -0.25) is 14.4 Å². The average molecular weight is 598 g/mol. The Labute approximate surface area is 260 Å². The molecule has 44 heavy (non-hydrogen) atoms. The van der Waals surface area contributed by atoms with Gasteiger partial charge in [-0.1, -0.05) is 93.6 Å². The van der Waals surface area contributed by atoms with E-state index in [9.17, 15) is 19.5 Å². The fourth-order valence-corrected chi connectivity index (χ4v) is 8.11. The lowest BCUT2D eigenvalue weighted by Crippen LogP contribution is -2.60. The van der Waals surface area contributed by atoms with E-state index in [1.807, 2.05) is 107 Å². The molecule has 0 radical (unpaired) electrons. The highest BCUT2D eigenvalue weighted by molar-refractivity contribution is 6.06. The van der Waals surface area contributed by atoms with Crippen LogP contribution in [0.4, 0.5) is 5.69 Å². The molecule has 1 unspecified atom stereocenters. The van der Waals surface area contributed by atoms with Gasteiger partial charge < -0.3 is 24.5 Å². The molecule has 1 N–H and O–H groups in total. The largest absolute Gasteiger partial charge is 0.394 e. The number of para-hydroxylation sites is 1. The average Bonchev–Trinajstić information content (AvgIpc) is 3.30. The molecule has 4 aliphatic rings. The molecule has 1 spiro atoms. The Morgan fingerprint density at radius 3 is 2.20 bits per heavy atom. The van der Waals surface area contributed by atoms with E-state index in [2.05, 4.69) is 0 Å². The summed E-state index contributed by atoms with van der Waals surface area (Å²) >= 11 is 0. The van der Waals surface area contributed by atoms with Crippen molar-refractivity contribution in [3.05, 3.63) is 89.5 Å². The zero-order valence-electron chi connectivity index (χ0n) is 26.3. The zero-order chi connectivity index (χ0) is 31.4. The van der Waals surface area contributed by atoms with Crippen LogP contribution in [0.3, 0.4) is 0 Å². The number of fused-ring (bicyclic) bond motifs is 2. The minimum absolute atomic E-state index is 0.135. The lowest BCUT2D eigenvalue weighted by atomic mass is 9.73. The molecular weight excluding hydrogens is 554 g/mol. The van der Waals surface area contributed by atoms with Crippen LogP contribution < -0.4 is 4.90 Å².